The Balaban J connectivity index is 1.44. The van der Waals surface area contributed by atoms with E-state index in [4.69, 9.17) is 11.6 Å². The molecule has 1 aliphatic rings. The summed E-state index contributed by atoms with van der Waals surface area (Å²) in [6.07, 6.45) is 1.49. The quantitative estimate of drug-likeness (QED) is 0.500. The molecule has 1 atom stereocenters. The summed E-state index contributed by atoms with van der Waals surface area (Å²) >= 11 is 7.34. The molecule has 2 amide bonds. The first-order valence-corrected chi connectivity index (χ1v) is 12.1. The molecule has 2 heterocycles. The molecule has 1 saturated heterocycles. The topological polar surface area (TPSA) is 62.3 Å². The van der Waals surface area contributed by atoms with Gasteiger partial charge in [-0.25, -0.2) is 9.37 Å². The molecule has 8 heteroatoms. The third-order valence-electron chi connectivity index (χ3n) is 5.96. The lowest BCUT2D eigenvalue weighted by Gasteiger charge is -2.36. The van der Waals surface area contributed by atoms with Gasteiger partial charge in [0.05, 0.1) is 17.0 Å². The van der Waals surface area contributed by atoms with E-state index in [0.717, 1.165) is 23.4 Å². The van der Waals surface area contributed by atoms with Crippen LogP contribution in [-0.4, -0.2) is 34.8 Å². The number of hydrogen-bond donors (Lipinski definition) is 1. The molecule has 1 unspecified atom stereocenters. The lowest BCUT2D eigenvalue weighted by Crippen LogP contribution is -2.50. The predicted octanol–water partition coefficient (Wildman–Crippen LogP) is 5.76. The van der Waals surface area contributed by atoms with Gasteiger partial charge in [-0.1, -0.05) is 11.6 Å². The monoisotopic (exact) mass is 485 g/mol. The molecule has 5 nitrogen and oxygen atoms in total. The van der Waals surface area contributed by atoms with E-state index in [2.05, 4.69) is 10.3 Å². The summed E-state index contributed by atoms with van der Waals surface area (Å²) in [7, 11) is 0. The number of nitrogens with zero attached hydrogens (tertiary/aromatic N) is 2. The first-order valence-electron chi connectivity index (χ1n) is 10.8. The zero-order valence-corrected chi connectivity index (χ0v) is 20.0. The molecular weight excluding hydrogens is 461 g/mol. The van der Waals surface area contributed by atoms with Crippen LogP contribution in [0.5, 0.6) is 0 Å². The maximum Gasteiger partial charge on any atom is 0.234 e. The van der Waals surface area contributed by atoms with E-state index in [1.807, 2.05) is 19.2 Å². The van der Waals surface area contributed by atoms with Crippen LogP contribution in [0.15, 0.2) is 53.9 Å². The highest BCUT2D eigenvalue weighted by atomic mass is 35.5. The second-order valence-electron chi connectivity index (χ2n) is 8.76. The number of amides is 2. The number of aromatic nitrogens is 1. The standard InChI is InChI=1S/C25H25ClFN3O2S/c1-25(2,21-15-33-23(29-21)16-5-9-19(27)10-6-16)24(32)30-13-3-4-17(14-30)22(31)28-20-11-7-18(26)8-12-20/h5-12,15,17H,3-4,13-14H2,1-2H3,(H,28,31). The summed E-state index contributed by atoms with van der Waals surface area (Å²) in [5.41, 5.74) is 1.32. The van der Waals surface area contributed by atoms with Gasteiger partial charge in [0, 0.05) is 34.7 Å². The summed E-state index contributed by atoms with van der Waals surface area (Å²) in [4.78, 5) is 32.7. The second kappa shape index (κ2) is 9.61. The van der Waals surface area contributed by atoms with Crippen LogP contribution in [-0.2, 0) is 15.0 Å². The predicted molar refractivity (Wildman–Crippen MR) is 130 cm³/mol. The molecule has 1 aliphatic heterocycles. The van der Waals surface area contributed by atoms with Gasteiger partial charge < -0.3 is 10.2 Å². The lowest BCUT2D eigenvalue weighted by molar-refractivity contribution is -0.139. The van der Waals surface area contributed by atoms with E-state index in [0.29, 0.717) is 29.5 Å². The molecule has 33 heavy (non-hydrogen) atoms. The second-order valence-corrected chi connectivity index (χ2v) is 10.1. The summed E-state index contributed by atoms with van der Waals surface area (Å²) in [5.74, 6) is -0.729. The van der Waals surface area contributed by atoms with Gasteiger partial charge in [0.2, 0.25) is 11.8 Å². The van der Waals surface area contributed by atoms with Crippen LogP contribution >= 0.6 is 22.9 Å². The highest BCUT2D eigenvalue weighted by Crippen LogP contribution is 2.33. The van der Waals surface area contributed by atoms with Gasteiger partial charge in [-0.3, -0.25) is 9.59 Å². The summed E-state index contributed by atoms with van der Waals surface area (Å²) in [6, 6.07) is 13.1. The average molecular weight is 486 g/mol. The van der Waals surface area contributed by atoms with Crippen molar-refractivity contribution >= 4 is 40.4 Å². The average Bonchev–Trinajstić information content (AvgIpc) is 3.32. The minimum Gasteiger partial charge on any atom is -0.341 e. The molecule has 3 aromatic rings. The van der Waals surface area contributed by atoms with Gasteiger partial charge in [-0.15, -0.1) is 11.3 Å². The SMILES string of the molecule is CC(C)(C(=O)N1CCCC(C(=O)Nc2ccc(Cl)cc2)C1)c1csc(-c2ccc(F)cc2)n1. The third kappa shape index (κ3) is 5.25. The van der Waals surface area contributed by atoms with Crippen LogP contribution in [0.25, 0.3) is 10.6 Å². The largest absolute Gasteiger partial charge is 0.341 e. The zero-order valence-electron chi connectivity index (χ0n) is 18.5. The highest BCUT2D eigenvalue weighted by Gasteiger charge is 2.39. The number of carbonyl (C=O) groups is 2. The van der Waals surface area contributed by atoms with Gasteiger partial charge >= 0.3 is 0 Å². The maximum atomic E-state index is 13.5. The Morgan fingerprint density at radius 3 is 2.55 bits per heavy atom. The Bertz CT molecular complexity index is 1150. The molecule has 0 spiro atoms. The Morgan fingerprint density at radius 1 is 1.15 bits per heavy atom. The number of halogens is 2. The fourth-order valence-corrected chi connectivity index (χ4v) is 5.06. The van der Waals surface area contributed by atoms with E-state index >= 15 is 0 Å². The number of likely N-dealkylation sites (tertiary alicyclic amines) is 1. The molecule has 1 fully saturated rings. The first kappa shape index (κ1) is 23.4. The Morgan fingerprint density at radius 2 is 1.85 bits per heavy atom. The van der Waals surface area contributed by atoms with Gasteiger partial charge in [0.25, 0.3) is 0 Å². The van der Waals surface area contributed by atoms with Crippen molar-refractivity contribution in [3.8, 4) is 10.6 Å². The van der Waals surface area contributed by atoms with Gasteiger partial charge in [-0.05, 0) is 75.2 Å². The third-order valence-corrected chi connectivity index (χ3v) is 7.10. The molecule has 0 bridgehead atoms. The van der Waals surface area contributed by atoms with E-state index in [1.54, 1.807) is 41.3 Å². The van der Waals surface area contributed by atoms with Crippen LogP contribution in [0.3, 0.4) is 0 Å². The molecule has 0 saturated carbocycles. The van der Waals surface area contributed by atoms with E-state index in [-0.39, 0.29) is 23.5 Å². The molecule has 0 aliphatic carbocycles. The van der Waals surface area contributed by atoms with Crippen molar-refractivity contribution < 1.29 is 14.0 Å². The maximum absolute atomic E-state index is 13.5. The van der Waals surface area contributed by atoms with E-state index < -0.39 is 5.41 Å². The van der Waals surface area contributed by atoms with E-state index in [1.165, 1.54) is 23.5 Å². The van der Waals surface area contributed by atoms with Crippen molar-refractivity contribution in [3.05, 3.63) is 70.4 Å². The van der Waals surface area contributed by atoms with Crippen molar-refractivity contribution in [2.45, 2.75) is 32.1 Å². The van der Waals surface area contributed by atoms with Crippen LogP contribution in [0.1, 0.15) is 32.4 Å². The van der Waals surface area contributed by atoms with Crippen molar-refractivity contribution in [1.29, 1.82) is 0 Å². The number of hydrogen-bond acceptors (Lipinski definition) is 4. The van der Waals surface area contributed by atoms with Crippen LogP contribution in [0.4, 0.5) is 10.1 Å². The first-order chi connectivity index (χ1) is 15.7. The van der Waals surface area contributed by atoms with Crippen molar-refractivity contribution in [1.82, 2.24) is 9.88 Å². The fraction of sp³-hybridized carbons (Fsp3) is 0.320. The number of rotatable bonds is 5. The number of nitrogens with one attached hydrogen (secondary N) is 1. The fourth-order valence-electron chi connectivity index (χ4n) is 3.94. The van der Waals surface area contributed by atoms with Crippen molar-refractivity contribution in [2.75, 3.05) is 18.4 Å². The number of thiazole rings is 1. The molecule has 0 radical (unpaired) electrons. The smallest absolute Gasteiger partial charge is 0.234 e. The highest BCUT2D eigenvalue weighted by molar-refractivity contribution is 7.13. The number of anilines is 1. The van der Waals surface area contributed by atoms with Gasteiger partial charge in [0.1, 0.15) is 10.8 Å². The van der Waals surface area contributed by atoms with Crippen LogP contribution in [0.2, 0.25) is 5.02 Å². The molecule has 1 N–H and O–H groups in total. The molecule has 172 valence electrons. The van der Waals surface area contributed by atoms with Gasteiger partial charge in [-0.2, -0.15) is 0 Å². The lowest BCUT2D eigenvalue weighted by atomic mass is 9.86. The number of piperidine rings is 1. The molecular formula is C25H25ClFN3O2S. The van der Waals surface area contributed by atoms with Crippen molar-refractivity contribution in [2.24, 2.45) is 5.92 Å². The molecule has 4 rings (SSSR count). The Hall–Kier alpha value is -2.77. The Labute approximate surface area is 201 Å². The zero-order chi connectivity index (χ0) is 23.6. The number of benzene rings is 2. The normalized spacial score (nSPS) is 16.5. The molecule has 1 aromatic heterocycles. The van der Waals surface area contributed by atoms with Crippen LogP contribution in [0, 0.1) is 11.7 Å². The summed E-state index contributed by atoms with van der Waals surface area (Å²) in [6.45, 7) is 4.70. The van der Waals surface area contributed by atoms with Crippen LogP contribution < -0.4 is 5.32 Å². The summed E-state index contributed by atoms with van der Waals surface area (Å²) < 4.78 is 13.2. The minimum absolute atomic E-state index is 0.0533. The molecule has 2 aromatic carbocycles. The van der Waals surface area contributed by atoms with Gasteiger partial charge in [0.15, 0.2) is 0 Å². The minimum atomic E-state index is -0.844. The van der Waals surface area contributed by atoms with E-state index in [9.17, 15) is 14.0 Å². The van der Waals surface area contributed by atoms with Crippen molar-refractivity contribution in [3.63, 3.8) is 0 Å². The Kier molecular flexibility index (Phi) is 6.81. The number of carbonyl (C=O) groups excluding carboxylic acids is 2. The summed E-state index contributed by atoms with van der Waals surface area (Å²) in [5, 5.41) is 6.15.